The van der Waals surface area contributed by atoms with Gasteiger partial charge in [-0.05, 0) is 97.5 Å². The van der Waals surface area contributed by atoms with E-state index in [1.165, 1.54) is 76.4 Å². The maximum absolute atomic E-state index is 2.46. The molecule has 0 radical (unpaired) electrons. The minimum Gasteiger partial charge on any atom is -0.308 e. The van der Waals surface area contributed by atoms with E-state index in [0.29, 0.717) is 0 Å². The predicted octanol–water partition coefficient (Wildman–Crippen LogP) is 15.0. The van der Waals surface area contributed by atoms with E-state index in [0.717, 1.165) is 22.7 Å². The molecule has 0 aliphatic carbocycles. The molecule has 2 heteroatoms. The predicted molar refractivity (Wildman–Crippen MR) is 239 cm³/mol. The van der Waals surface area contributed by atoms with Crippen molar-refractivity contribution in [2.24, 2.45) is 0 Å². The standard InChI is InChI=1S/C54H36N2/c1-3-16-37(17-4-1)43-22-11-13-27-51(43)55(53-29-15-26-48-47-25-12-14-28-52(47)56(54(48)53)40-19-5-2-6-20-40)41-33-30-39(31-34-41)49-36-50-42-21-8-7-18-38(42)32-35-46(50)44-23-9-10-24-45(44)49/h1-36H. The minimum atomic E-state index is 1.09. The molecule has 11 rings (SSSR count). The molecule has 0 bridgehead atoms. The Balaban J connectivity index is 1.17. The van der Waals surface area contributed by atoms with Crippen LogP contribution in [0.15, 0.2) is 218 Å². The number of para-hydroxylation sites is 4. The zero-order valence-electron chi connectivity index (χ0n) is 30.7. The van der Waals surface area contributed by atoms with Gasteiger partial charge in [0.15, 0.2) is 0 Å². The van der Waals surface area contributed by atoms with Gasteiger partial charge in [0.2, 0.25) is 0 Å². The zero-order chi connectivity index (χ0) is 37.0. The number of aromatic nitrogens is 1. The zero-order valence-corrected chi connectivity index (χ0v) is 30.7. The minimum absolute atomic E-state index is 1.09. The Kier molecular flexibility index (Phi) is 7.53. The first-order valence-electron chi connectivity index (χ1n) is 19.3. The van der Waals surface area contributed by atoms with Crippen molar-refractivity contribution in [1.29, 1.82) is 0 Å². The molecule has 0 unspecified atom stereocenters. The van der Waals surface area contributed by atoms with Crippen molar-refractivity contribution in [3.05, 3.63) is 218 Å². The Morgan fingerprint density at radius 2 is 0.911 bits per heavy atom. The van der Waals surface area contributed by atoms with Gasteiger partial charge in [-0.15, -0.1) is 0 Å². The second kappa shape index (κ2) is 13.2. The topological polar surface area (TPSA) is 8.17 Å². The van der Waals surface area contributed by atoms with Crippen LogP contribution in [0.3, 0.4) is 0 Å². The average molecular weight is 713 g/mol. The normalized spacial score (nSPS) is 11.6. The van der Waals surface area contributed by atoms with Crippen LogP contribution in [0, 0.1) is 0 Å². The third-order valence-electron chi connectivity index (χ3n) is 11.4. The third-order valence-corrected chi connectivity index (χ3v) is 11.4. The van der Waals surface area contributed by atoms with Gasteiger partial charge in [-0.25, -0.2) is 0 Å². The fourth-order valence-electron chi connectivity index (χ4n) is 8.85. The van der Waals surface area contributed by atoms with E-state index in [-0.39, 0.29) is 0 Å². The summed E-state index contributed by atoms with van der Waals surface area (Å²) in [5, 5.41) is 10.1. The molecule has 0 atom stereocenters. The quantitative estimate of drug-likeness (QED) is 0.156. The van der Waals surface area contributed by atoms with E-state index in [4.69, 9.17) is 0 Å². The van der Waals surface area contributed by atoms with Gasteiger partial charge in [-0.1, -0.05) is 170 Å². The van der Waals surface area contributed by atoms with E-state index in [1.807, 2.05) is 0 Å². The van der Waals surface area contributed by atoms with Crippen LogP contribution in [0.25, 0.3) is 82.1 Å². The molecule has 0 aliphatic heterocycles. The summed E-state index contributed by atoms with van der Waals surface area (Å²) in [4.78, 5) is 2.46. The van der Waals surface area contributed by atoms with E-state index in [1.54, 1.807) is 0 Å². The molecule has 0 saturated heterocycles. The van der Waals surface area contributed by atoms with Crippen molar-refractivity contribution in [3.63, 3.8) is 0 Å². The molecule has 0 saturated carbocycles. The van der Waals surface area contributed by atoms with E-state index in [2.05, 4.69) is 228 Å². The maximum Gasteiger partial charge on any atom is 0.0782 e. The van der Waals surface area contributed by atoms with Crippen molar-refractivity contribution < 1.29 is 0 Å². The van der Waals surface area contributed by atoms with E-state index >= 15 is 0 Å². The highest BCUT2D eigenvalue weighted by atomic mass is 15.2. The lowest BCUT2D eigenvalue weighted by atomic mass is 9.91. The Bertz CT molecular complexity index is 3230. The summed E-state index contributed by atoms with van der Waals surface area (Å²) in [5.74, 6) is 0. The van der Waals surface area contributed by atoms with E-state index in [9.17, 15) is 0 Å². The van der Waals surface area contributed by atoms with Crippen molar-refractivity contribution >= 4 is 71.2 Å². The summed E-state index contributed by atoms with van der Waals surface area (Å²) in [7, 11) is 0. The number of nitrogens with zero attached hydrogens (tertiary/aromatic N) is 2. The summed E-state index contributed by atoms with van der Waals surface area (Å²) in [5.41, 5.74) is 11.6. The highest BCUT2D eigenvalue weighted by Gasteiger charge is 2.23. The van der Waals surface area contributed by atoms with E-state index < -0.39 is 0 Å². The lowest BCUT2D eigenvalue weighted by molar-refractivity contribution is 1.17. The Hall–Kier alpha value is -7.42. The lowest BCUT2D eigenvalue weighted by Crippen LogP contribution is -2.12. The van der Waals surface area contributed by atoms with Crippen molar-refractivity contribution in [2.75, 3.05) is 4.90 Å². The van der Waals surface area contributed by atoms with Crippen molar-refractivity contribution in [3.8, 4) is 27.9 Å². The van der Waals surface area contributed by atoms with Crippen molar-refractivity contribution in [2.45, 2.75) is 0 Å². The molecule has 0 aliphatic rings. The molecule has 1 aromatic heterocycles. The number of hydrogen-bond acceptors (Lipinski definition) is 1. The van der Waals surface area contributed by atoms with Crippen LogP contribution in [-0.2, 0) is 0 Å². The molecule has 0 fully saturated rings. The van der Waals surface area contributed by atoms with Crippen LogP contribution < -0.4 is 4.90 Å². The highest BCUT2D eigenvalue weighted by molar-refractivity contribution is 6.21. The number of hydrogen-bond donors (Lipinski definition) is 0. The lowest BCUT2D eigenvalue weighted by Gasteiger charge is -2.29. The fraction of sp³-hybridized carbons (Fsp3) is 0. The largest absolute Gasteiger partial charge is 0.308 e. The molecule has 0 amide bonds. The van der Waals surface area contributed by atoms with Gasteiger partial charge in [0, 0.05) is 27.7 Å². The van der Waals surface area contributed by atoms with Crippen LogP contribution in [0.2, 0.25) is 0 Å². The molecule has 10 aromatic carbocycles. The van der Waals surface area contributed by atoms with Crippen LogP contribution in [0.1, 0.15) is 0 Å². The molecule has 0 spiro atoms. The van der Waals surface area contributed by atoms with Crippen LogP contribution in [-0.4, -0.2) is 4.57 Å². The van der Waals surface area contributed by atoms with Gasteiger partial charge in [-0.3, -0.25) is 0 Å². The van der Waals surface area contributed by atoms with Gasteiger partial charge in [0.25, 0.3) is 0 Å². The molecule has 1 heterocycles. The summed E-state index contributed by atoms with van der Waals surface area (Å²) in [6.45, 7) is 0. The molecular weight excluding hydrogens is 677 g/mol. The number of anilines is 3. The van der Waals surface area contributed by atoms with Crippen molar-refractivity contribution in [1.82, 2.24) is 4.57 Å². The second-order valence-electron chi connectivity index (χ2n) is 14.5. The SMILES string of the molecule is c1ccc(-c2ccccc2N(c2ccc(-c3cc4c5ccccc5ccc4c4ccccc34)cc2)c2cccc3c4ccccc4n(-c4ccccc4)c23)cc1. The fourth-order valence-corrected chi connectivity index (χ4v) is 8.85. The number of rotatable bonds is 6. The van der Waals surface area contributed by atoms with Gasteiger partial charge in [0.05, 0.1) is 22.4 Å². The Morgan fingerprint density at radius 1 is 0.321 bits per heavy atom. The first-order valence-corrected chi connectivity index (χ1v) is 19.3. The first kappa shape index (κ1) is 32.0. The molecule has 56 heavy (non-hydrogen) atoms. The molecule has 2 nitrogen and oxygen atoms in total. The number of benzene rings is 10. The molecule has 262 valence electrons. The van der Waals surface area contributed by atoms with Crippen LogP contribution >= 0.6 is 0 Å². The molecular formula is C54H36N2. The molecule has 0 N–H and O–H groups in total. The van der Waals surface area contributed by atoms with Crippen LogP contribution in [0.4, 0.5) is 17.1 Å². The maximum atomic E-state index is 2.46. The first-order chi connectivity index (χ1) is 27.8. The Labute approximate surface area is 325 Å². The van der Waals surface area contributed by atoms with Gasteiger partial charge in [-0.2, -0.15) is 0 Å². The number of fused-ring (bicyclic) bond motifs is 8. The average Bonchev–Trinajstić information content (AvgIpc) is 3.62. The smallest absolute Gasteiger partial charge is 0.0782 e. The second-order valence-corrected chi connectivity index (χ2v) is 14.5. The monoisotopic (exact) mass is 712 g/mol. The highest BCUT2D eigenvalue weighted by Crippen LogP contribution is 2.47. The van der Waals surface area contributed by atoms with Crippen LogP contribution in [0.5, 0.6) is 0 Å². The third kappa shape index (κ3) is 5.11. The summed E-state index contributed by atoms with van der Waals surface area (Å²) >= 11 is 0. The van der Waals surface area contributed by atoms with Gasteiger partial charge >= 0.3 is 0 Å². The van der Waals surface area contributed by atoms with Gasteiger partial charge in [0.1, 0.15) is 0 Å². The Morgan fingerprint density at radius 3 is 1.73 bits per heavy atom. The summed E-state index contributed by atoms with van der Waals surface area (Å²) in [6, 6.07) is 79.5. The summed E-state index contributed by atoms with van der Waals surface area (Å²) < 4.78 is 2.43. The summed E-state index contributed by atoms with van der Waals surface area (Å²) in [6.07, 6.45) is 0. The van der Waals surface area contributed by atoms with Gasteiger partial charge < -0.3 is 9.47 Å². The molecule has 11 aromatic rings.